The van der Waals surface area contributed by atoms with Crippen molar-refractivity contribution in [1.82, 2.24) is 24.9 Å². The predicted molar refractivity (Wildman–Crippen MR) is 226 cm³/mol. The van der Waals surface area contributed by atoms with E-state index in [1.54, 1.807) is 11.3 Å². The number of thiophene rings is 1. The average Bonchev–Trinajstić information content (AvgIpc) is 3.69. The van der Waals surface area contributed by atoms with Gasteiger partial charge in [-0.2, -0.15) is 0 Å². The first-order chi connectivity index (χ1) is 27.3. The first kappa shape index (κ1) is 32.5. The maximum Gasteiger partial charge on any atom is 0.160 e. The summed E-state index contributed by atoms with van der Waals surface area (Å²) in [6.45, 7) is 0. The molecule has 0 aliphatic rings. The molecule has 0 unspecified atom stereocenters. The Morgan fingerprint density at radius 3 is 1.45 bits per heavy atom. The van der Waals surface area contributed by atoms with E-state index in [1.165, 1.54) is 10.3 Å². The van der Waals surface area contributed by atoms with E-state index in [2.05, 4.69) is 125 Å². The van der Waals surface area contributed by atoms with Crippen LogP contribution in [0.5, 0.6) is 0 Å². The summed E-state index contributed by atoms with van der Waals surface area (Å²) in [7, 11) is 0. The number of hydrogen-bond donors (Lipinski definition) is 0. The van der Waals surface area contributed by atoms with Gasteiger partial charge in [0.1, 0.15) is 0 Å². The molecule has 0 saturated heterocycles. The van der Waals surface area contributed by atoms with E-state index in [0.717, 1.165) is 82.8 Å². The van der Waals surface area contributed by atoms with Gasteiger partial charge in [-0.25, -0.2) is 15.0 Å². The molecule has 5 heterocycles. The maximum absolute atomic E-state index is 5.33. The lowest BCUT2D eigenvalue weighted by atomic mass is 9.96. The van der Waals surface area contributed by atoms with Crippen molar-refractivity contribution >= 4 is 33.0 Å². The molecular weight excluding hydrogens is 691 g/mol. The van der Waals surface area contributed by atoms with Crippen LogP contribution in [0.25, 0.3) is 98.8 Å². The van der Waals surface area contributed by atoms with Crippen LogP contribution in [-0.2, 0) is 0 Å². The third-order valence-electron chi connectivity index (χ3n) is 9.90. The van der Waals surface area contributed by atoms with Crippen LogP contribution in [0.3, 0.4) is 0 Å². The zero-order valence-corrected chi connectivity index (χ0v) is 30.4. The fraction of sp³-hybridized carbons (Fsp3) is 0. The minimum Gasteiger partial charge on any atom is -0.264 e. The van der Waals surface area contributed by atoms with Crippen molar-refractivity contribution in [3.05, 3.63) is 189 Å². The van der Waals surface area contributed by atoms with E-state index in [1.807, 2.05) is 73.3 Å². The Morgan fingerprint density at radius 2 is 0.855 bits per heavy atom. The first-order valence-corrected chi connectivity index (χ1v) is 19.0. The Bertz CT molecular complexity index is 2870. The molecule has 0 amide bonds. The Balaban J connectivity index is 1.05. The molecule has 5 aromatic heterocycles. The molecule has 0 bridgehead atoms. The highest BCUT2D eigenvalue weighted by Crippen LogP contribution is 2.49. The number of fused-ring (bicyclic) bond motifs is 3. The zero-order chi connectivity index (χ0) is 36.6. The predicted octanol–water partition coefficient (Wildman–Crippen LogP) is 12.7. The molecule has 0 saturated carbocycles. The van der Waals surface area contributed by atoms with Gasteiger partial charge in [0.15, 0.2) is 5.82 Å². The smallest absolute Gasteiger partial charge is 0.160 e. The van der Waals surface area contributed by atoms with Gasteiger partial charge in [0.2, 0.25) is 0 Å². The molecule has 0 aliphatic carbocycles. The van der Waals surface area contributed by atoms with Crippen LogP contribution in [0.4, 0.5) is 0 Å². The quantitative estimate of drug-likeness (QED) is 0.164. The van der Waals surface area contributed by atoms with E-state index in [4.69, 9.17) is 15.0 Å². The van der Waals surface area contributed by atoms with Gasteiger partial charge in [0.25, 0.3) is 0 Å². The number of aromatic nitrogens is 5. The molecule has 5 aromatic carbocycles. The molecular formula is C49H31N5S. The molecule has 0 fully saturated rings. The van der Waals surface area contributed by atoms with Gasteiger partial charge in [-0.3, -0.25) is 9.97 Å². The Hall–Kier alpha value is -7.15. The van der Waals surface area contributed by atoms with E-state index in [0.29, 0.717) is 5.82 Å². The molecule has 0 radical (unpaired) electrons. The van der Waals surface area contributed by atoms with Gasteiger partial charge in [0, 0.05) is 84.1 Å². The van der Waals surface area contributed by atoms with Crippen molar-refractivity contribution in [3.8, 4) is 77.2 Å². The molecule has 6 heteroatoms. The lowest BCUT2D eigenvalue weighted by molar-refractivity contribution is 1.18. The fourth-order valence-corrected chi connectivity index (χ4v) is 8.50. The molecule has 55 heavy (non-hydrogen) atoms. The summed E-state index contributed by atoms with van der Waals surface area (Å²) in [6, 6.07) is 56.6. The van der Waals surface area contributed by atoms with Gasteiger partial charge < -0.3 is 0 Å². The standard InChI is InChI=1S/C49H31N5S/c1-3-11-34(12-4-1)42-29-43(54-49(53-42)37-13-5-2-6-14-37)35-23-19-32(20-24-35)33-21-25-36(26-22-33)46-45-44(40-17-7-8-18-41(40)52-46)47(38-15-9-27-50-30-38)55-48(45)39-16-10-28-51-31-39/h1-31H. The summed E-state index contributed by atoms with van der Waals surface area (Å²) in [5.41, 5.74) is 12.2. The zero-order valence-electron chi connectivity index (χ0n) is 29.5. The maximum atomic E-state index is 5.33. The van der Waals surface area contributed by atoms with Gasteiger partial charge in [0.05, 0.1) is 22.6 Å². The summed E-state index contributed by atoms with van der Waals surface area (Å²) in [5, 5.41) is 3.44. The van der Waals surface area contributed by atoms with Crippen molar-refractivity contribution in [2.45, 2.75) is 0 Å². The van der Waals surface area contributed by atoms with E-state index < -0.39 is 0 Å². The number of pyridine rings is 3. The fourth-order valence-electron chi connectivity index (χ4n) is 7.20. The van der Waals surface area contributed by atoms with Crippen molar-refractivity contribution < 1.29 is 0 Å². The number of hydrogen-bond acceptors (Lipinski definition) is 6. The highest BCUT2D eigenvalue weighted by Gasteiger charge is 2.22. The molecule has 0 aliphatic heterocycles. The van der Waals surface area contributed by atoms with Crippen LogP contribution < -0.4 is 0 Å². The van der Waals surface area contributed by atoms with Crippen molar-refractivity contribution in [2.75, 3.05) is 0 Å². The third-order valence-corrected chi connectivity index (χ3v) is 11.2. The molecule has 10 aromatic rings. The highest BCUT2D eigenvalue weighted by atomic mass is 32.1. The van der Waals surface area contributed by atoms with Crippen molar-refractivity contribution in [2.24, 2.45) is 0 Å². The Morgan fingerprint density at radius 1 is 0.364 bits per heavy atom. The first-order valence-electron chi connectivity index (χ1n) is 18.1. The molecule has 0 spiro atoms. The number of nitrogens with zero attached hydrogens (tertiary/aromatic N) is 5. The SMILES string of the molecule is c1ccc(-c2cc(-c3ccc(-c4ccc(-c5nc6ccccc6c6c(-c7cccnc7)sc(-c7cccnc7)c56)cc4)cc3)nc(-c3ccccc3)n2)cc1. The van der Waals surface area contributed by atoms with E-state index >= 15 is 0 Å². The van der Waals surface area contributed by atoms with Crippen LogP contribution in [0, 0.1) is 0 Å². The van der Waals surface area contributed by atoms with Crippen LogP contribution >= 0.6 is 11.3 Å². The van der Waals surface area contributed by atoms with Crippen LogP contribution in [0.2, 0.25) is 0 Å². The number of benzene rings is 5. The second kappa shape index (κ2) is 14.0. The van der Waals surface area contributed by atoms with Gasteiger partial charge >= 0.3 is 0 Å². The monoisotopic (exact) mass is 721 g/mol. The van der Waals surface area contributed by atoms with Gasteiger partial charge in [-0.1, -0.05) is 140 Å². The lowest BCUT2D eigenvalue weighted by Gasteiger charge is -2.12. The summed E-state index contributed by atoms with van der Waals surface area (Å²) < 4.78 is 0. The molecule has 0 atom stereocenters. The molecule has 258 valence electrons. The van der Waals surface area contributed by atoms with Crippen molar-refractivity contribution in [3.63, 3.8) is 0 Å². The van der Waals surface area contributed by atoms with Gasteiger partial charge in [-0.05, 0) is 35.4 Å². The normalized spacial score (nSPS) is 11.3. The minimum atomic E-state index is 0.706. The van der Waals surface area contributed by atoms with Crippen LogP contribution in [0.1, 0.15) is 0 Å². The van der Waals surface area contributed by atoms with E-state index in [9.17, 15) is 0 Å². The van der Waals surface area contributed by atoms with Gasteiger partial charge in [-0.15, -0.1) is 11.3 Å². The topological polar surface area (TPSA) is 64.5 Å². The molecule has 10 rings (SSSR count). The third kappa shape index (κ3) is 6.14. The highest BCUT2D eigenvalue weighted by molar-refractivity contribution is 7.21. The number of rotatable bonds is 7. The summed E-state index contributed by atoms with van der Waals surface area (Å²) in [5.74, 6) is 0.706. The summed E-state index contributed by atoms with van der Waals surface area (Å²) in [6.07, 6.45) is 7.53. The van der Waals surface area contributed by atoms with Crippen LogP contribution in [0.15, 0.2) is 189 Å². The largest absolute Gasteiger partial charge is 0.264 e. The second-order valence-electron chi connectivity index (χ2n) is 13.3. The van der Waals surface area contributed by atoms with Crippen LogP contribution in [-0.4, -0.2) is 24.9 Å². The minimum absolute atomic E-state index is 0.706. The second-order valence-corrected chi connectivity index (χ2v) is 14.3. The summed E-state index contributed by atoms with van der Waals surface area (Å²) >= 11 is 1.77. The Kier molecular flexibility index (Phi) is 8.28. The summed E-state index contributed by atoms with van der Waals surface area (Å²) in [4.78, 5) is 26.6. The average molecular weight is 722 g/mol. The molecule has 5 nitrogen and oxygen atoms in total. The Labute approximate surface area is 322 Å². The number of para-hydroxylation sites is 1. The molecule has 0 N–H and O–H groups in total. The van der Waals surface area contributed by atoms with E-state index in [-0.39, 0.29) is 0 Å². The van der Waals surface area contributed by atoms with Crippen molar-refractivity contribution in [1.29, 1.82) is 0 Å². The lowest BCUT2D eigenvalue weighted by Crippen LogP contribution is -1.95.